The molecule has 19 heavy (non-hydrogen) atoms. The molecule has 0 fully saturated rings. The SMILES string of the molecule is Cc1cc(C(=O)NCC(CC(=O)O)C(C)(C)C)no1. The van der Waals surface area contributed by atoms with Crippen LogP contribution in [-0.4, -0.2) is 28.7 Å². The normalized spacial score (nSPS) is 13.1. The summed E-state index contributed by atoms with van der Waals surface area (Å²) in [5.74, 6) is -0.812. The Bertz CT molecular complexity index is 459. The van der Waals surface area contributed by atoms with Gasteiger partial charge in [0.1, 0.15) is 5.76 Å². The number of nitrogens with zero attached hydrogens (tertiary/aromatic N) is 1. The standard InChI is InChI=1S/C13H20N2O4/c1-8-5-10(15-19-8)12(18)14-7-9(6-11(16)17)13(2,3)4/h5,9H,6-7H2,1-4H3,(H,14,18)(H,16,17). The van der Waals surface area contributed by atoms with Gasteiger partial charge in [-0.3, -0.25) is 9.59 Å². The van der Waals surface area contributed by atoms with Crippen LogP contribution < -0.4 is 5.32 Å². The second kappa shape index (κ2) is 5.86. The Morgan fingerprint density at radius 1 is 1.47 bits per heavy atom. The van der Waals surface area contributed by atoms with Crippen molar-refractivity contribution >= 4 is 11.9 Å². The fraction of sp³-hybridized carbons (Fsp3) is 0.615. The Balaban J connectivity index is 2.61. The van der Waals surface area contributed by atoms with Crippen molar-refractivity contribution in [1.29, 1.82) is 0 Å². The molecule has 0 saturated carbocycles. The molecule has 1 atom stereocenters. The monoisotopic (exact) mass is 268 g/mol. The van der Waals surface area contributed by atoms with E-state index in [4.69, 9.17) is 9.63 Å². The Morgan fingerprint density at radius 3 is 2.53 bits per heavy atom. The number of nitrogens with one attached hydrogen (secondary N) is 1. The summed E-state index contributed by atoms with van der Waals surface area (Å²) in [5.41, 5.74) is 0.00582. The molecule has 0 aliphatic carbocycles. The van der Waals surface area contributed by atoms with E-state index >= 15 is 0 Å². The molecular weight excluding hydrogens is 248 g/mol. The molecule has 1 heterocycles. The topological polar surface area (TPSA) is 92.4 Å². The average molecular weight is 268 g/mol. The molecule has 6 heteroatoms. The zero-order valence-electron chi connectivity index (χ0n) is 11.7. The van der Waals surface area contributed by atoms with Gasteiger partial charge in [-0.05, 0) is 18.3 Å². The van der Waals surface area contributed by atoms with Crippen LogP contribution in [0.3, 0.4) is 0 Å². The van der Waals surface area contributed by atoms with Gasteiger partial charge in [-0.2, -0.15) is 0 Å². The zero-order chi connectivity index (χ0) is 14.6. The quantitative estimate of drug-likeness (QED) is 0.850. The second-order valence-corrected chi connectivity index (χ2v) is 5.69. The molecule has 1 rings (SSSR count). The third kappa shape index (κ3) is 4.73. The molecule has 6 nitrogen and oxygen atoms in total. The predicted octanol–water partition coefficient (Wildman–Crippen LogP) is 1.85. The van der Waals surface area contributed by atoms with E-state index in [1.807, 2.05) is 20.8 Å². The van der Waals surface area contributed by atoms with E-state index in [1.165, 1.54) is 0 Å². The van der Waals surface area contributed by atoms with E-state index in [9.17, 15) is 9.59 Å². The number of carbonyl (C=O) groups is 2. The maximum absolute atomic E-state index is 11.8. The summed E-state index contributed by atoms with van der Waals surface area (Å²) in [5, 5.41) is 15.2. The molecule has 0 radical (unpaired) electrons. The number of aromatic nitrogens is 1. The highest BCUT2D eigenvalue weighted by molar-refractivity contribution is 5.92. The molecule has 0 aromatic carbocycles. The fourth-order valence-electron chi connectivity index (χ4n) is 1.68. The molecule has 1 aromatic rings. The van der Waals surface area contributed by atoms with Crippen LogP contribution in [0.2, 0.25) is 0 Å². The van der Waals surface area contributed by atoms with Gasteiger partial charge in [0.25, 0.3) is 5.91 Å². The van der Waals surface area contributed by atoms with Crippen molar-refractivity contribution in [2.75, 3.05) is 6.54 Å². The van der Waals surface area contributed by atoms with E-state index < -0.39 is 5.97 Å². The molecule has 2 N–H and O–H groups in total. The van der Waals surface area contributed by atoms with Crippen LogP contribution in [0.4, 0.5) is 0 Å². The van der Waals surface area contributed by atoms with Gasteiger partial charge in [-0.15, -0.1) is 0 Å². The van der Waals surface area contributed by atoms with Crippen molar-refractivity contribution in [2.24, 2.45) is 11.3 Å². The first kappa shape index (κ1) is 15.2. The minimum absolute atomic E-state index is 0.0155. The highest BCUT2D eigenvalue weighted by Crippen LogP contribution is 2.28. The van der Waals surface area contributed by atoms with Gasteiger partial charge in [-0.25, -0.2) is 0 Å². The summed E-state index contributed by atoms with van der Waals surface area (Å²) in [4.78, 5) is 22.6. The summed E-state index contributed by atoms with van der Waals surface area (Å²) in [6.07, 6.45) is 0.0155. The zero-order valence-corrected chi connectivity index (χ0v) is 11.7. The summed E-state index contributed by atoms with van der Waals surface area (Å²) in [7, 11) is 0. The van der Waals surface area contributed by atoms with Crippen molar-refractivity contribution in [1.82, 2.24) is 10.5 Å². The number of amides is 1. The molecule has 1 unspecified atom stereocenters. The maximum atomic E-state index is 11.8. The van der Waals surface area contributed by atoms with Crippen molar-refractivity contribution in [2.45, 2.75) is 34.1 Å². The summed E-state index contributed by atoms with van der Waals surface area (Å²) >= 11 is 0. The van der Waals surface area contributed by atoms with Crippen LogP contribution in [-0.2, 0) is 4.79 Å². The number of carbonyl (C=O) groups excluding carboxylic acids is 1. The van der Waals surface area contributed by atoms with E-state index in [1.54, 1.807) is 13.0 Å². The van der Waals surface area contributed by atoms with Crippen LogP contribution in [0, 0.1) is 18.3 Å². The lowest BCUT2D eigenvalue weighted by Crippen LogP contribution is -2.36. The highest BCUT2D eigenvalue weighted by Gasteiger charge is 2.27. The molecule has 0 spiro atoms. The van der Waals surface area contributed by atoms with Crippen molar-refractivity contribution in [3.8, 4) is 0 Å². The largest absolute Gasteiger partial charge is 0.481 e. The lowest BCUT2D eigenvalue weighted by Gasteiger charge is -2.29. The molecule has 1 aromatic heterocycles. The molecular formula is C13H20N2O4. The number of hydrogen-bond donors (Lipinski definition) is 2. The lowest BCUT2D eigenvalue weighted by atomic mass is 9.78. The molecule has 106 valence electrons. The summed E-state index contributed by atoms with van der Waals surface area (Å²) in [6.45, 7) is 7.85. The van der Waals surface area contributed by atoms with Crippen molar-refractivity contribution in [3.63, 3.8) is 0 Å². The predicted molar refractivity (Wildman–Crippen MR) is 68.8 cm³/mol. The minimum Gasteiger partial charge on any atom is -0.481 e. The van der Waals surface area contributed by atoms with Crippen LogP contribution in [0.5, 0.6) is 0 Å². The Kier molecular flexibility index (Phi) is 4.69. The average Bonchev–Trinajstić information content (AvgIpc) is 2.68. The Labute approximate surface area is 112 Å². The van der Waals surface area contributed by atoms with Gasteiger partial charge in [0.15, 0.2) is 5.69 Å². The van der Waals surface area contributed by atoms with Gasteiger partial charge >= 0.3 is 5.97 Å². The maximum Gasteiger partial charge on any atom is 0.303 e. The smallest absolute Gasteiger partial charge is 0.303 e. The number of aliphatic carboxylic acids is 1. The number of hydrogen-bond acceptors (Lipinski definition) is 4. The summed E-state index contributed by atoms with van der Waals surface area (Å²) < 4.78 is 4.82. The first-order valence-electron chi connectivity index (χ1n) is 6.13. The first-order valence-corrected chi connectivity index (χ1v) is 6.13. The third-order valence-corrected chi connectivity index (χ3v) is 3.02. The Hall–Kier alpha value is -1.85. The number of carboxylic acid groups (broad SMARTS) is 1. The van der Waals surface area contributed by atoms with Gasteiger partial charge in [-0.1, -0.05) is 25.9 Å². The van der Waals surface area contributed by atoms with Gasteiger partial charge in [0.05, 0.1) is 6.42 Å². The molecule has 0 aliphatic rings. The summed E-state index contributed by atoms with van der Waals surface area (Å²) in [6, 6.07) is 1.54. The Morgan fingerprint density at radius 2 is 2.11 bits per heavy atom. The van der Waals surface area contributed by atoms with E-state index in [0.29, 0.717) is 12.3 Å². The number of rotatable bonds is 5. The molecule has 1 amide bonds. The molecule has 0 bridgehead atoms. The molecule has 0 aliphatic heterocycles. The number of aryl methyl sites for hydroxylation is 1. The first-order chi connectivity index (χ1) is 8.70. The lowest BCUT2D eigenvalue weighted by molar-refractivity contribution is -0.139. The van der Waals surface area contributed by atoms with Gasteiger partial charge in [0, 0.05) is 12.6 Å². The van der Waals surface area contributed by atoms with E-state index in [2.05, 4.69) is 10.5 Å². The van der Waals surface area contributed by atoms with Crippen LogP contribution in [0.1, 0.15) is 43.4 Å². The van der Waals surface area contributed by atoms with E-state index in [-0.39, 0.29) is 29.4 Å². The van der Waals surface area contributed by atoms with Crippen molar-refractivity contribution in [3.05, 3.63) is 17.5 Å². The van der Waals surface area contributed by atoms with Gasteiger partial charge in [0.2, 0.25) is 0 Å². The molecule has 0 saturated heterocycles. The van der Waals surface area contributed by atoms with Gasteiger partial charge < -0.3 is 14.9 Å². The van der Waals surface area contributed by atoms with E-state index in [0.717, 1.165) is 0 Å². The van der Waals surface area contributed by atoms with Crippen molar-refractivity contribution < 1.29 is 19.2 Å². The minimum atomic E-state index is -0.869. The van der Waals surface area contributed by atoms with Crippen LogP contribution in [0.25, 0.3) is 0 Å². The number of carboxylic acids is 1. The fourth-order valence-corrected chi connectivity index (χ4v) is 1.68. The van der Waals surface area contributed by atoms with Crippen LogP contribution in [0.15, 0.2) is 10.6 Å². The third-order valence-electron chi connectivity index (χ3n) is 3.02. The highest BCUT2D eigenvalue weighted by atomic mass is 16.5. The van der Waals surface area contributed by atoms with Crippen LogP contribution >= 0.6 is 0 Å². The second-order valence-electron chi connectivity index (χ2n) is 5.69.